The lowest BCUT2D eigenvalue weighted by Crippen LogP contribution is -2.12. The largest absolute Gasteiger partial charge is 0.497 e. The number of aromatic nitrogens is 2. The summed E-state index contributed by atoms with van der Waals surface area (Å²) in [6.45, 7) is 2.17. The number of carboxylic acids is 2. The van der Waals surface area contributed by atoms with Crippen molar-refractivity contribution in [2.45, 2.75) is 38.8 Å². The lowest BCUT2D eigenvalue weighted by molar-refractivity contribution is -0.132. The van der Waals surface area contributed by atoms with E-state index in [1.54, 1.807) is 61.8 Å². The van der Waals surface area contributed by atoms with E-state index in [2.05, 4.69) is 6.92 Å². The molecule has 1 saturated carbocycles. The van der Waals surface area contributed by atoms with Gasteiger partial charge >= 0.3 is 11.9 Å². The molecule has 1 aliphatic heterocycles. The Morgan fingerprint density at radius 1 is 1.00 bits per heavy atom. The summed E-state index contributed by atoms with van der Waals surface area (Å²) in [7, 11) is 3.07. The molecule has 11 heteroatoms. The van der Waals surface area contributed by atoms with Crippen molar-refractivity contribution in [2.24, 2.45) is 5.92 Å². The Labute approximate surface area is 265 Å². The number of methoxy groups -OCH3 is 2. The van der Waals surface area contributed by atoms with Crippen molar-refractivity contribution in [3.63, 3.8) is 0 Å². The van der Waals surface area contributed by atoms with Gasteiger partial charge in [-0.05, 0) is 56.0 Å². The topological polar surface area (TPSA) is 139 Å². The molecule has 46 heavy (non-hydrogen) atoms. The van der Waals surface area contributed by atoms with Crippen LogP contribution in [0.4, 0.5) is 0 Å². The van der Waals surface area contributed by atoms with Crippen LogP contribution in [-0.4, -0.2) is 52.9 Å². The first-order chi connectivity index (χ1) is 22.3. The van der Waals surface area contributed by atoms with Crippen molar-refractivity contribution in [1.82, 2.24) is 9.78 Å². The van der Waals surface area contributed by atoms with Crippen molar-refractivity contribution < 1.29 is 43.5 Å². The summed E-state index contributed by atoms with van der Waals surface area (Å²) >= 11 is 0. The van der Waals surface area contributed by atoms with E-state index in [9.17, 15) is 19.8 Å². The maximum Gasteiger partial charge on any atom is 0.336 e. The first-order valence-electron chi connectivity index (χ1n) is 14.9. The average molecular weight is 627 g/mol. The molecule has 1 atom stereocenters. The Morgan fingerprint density at radius 2 is 1.76 bits per heavy atom. The molecule has 4 aromatic rings. The first-order valence-corrected chi connectivity index (χ1v) is 14.9. The van der Waals surface area contributed by atoms with Crippen LogP contribution in [0.15, 0.2) is 66.4 Å². The van der Waals surface area contributed by atoms with Gasteiger partial charge in [0, 0.05) is 46.4 Å². The molecule has 1 aromatic heterocycles. The summed E-state index contributed by atoms with van der Waals surface area (Å²) in [5, 5.41) is 24.8. The predicted octanol–water partition coefficient (Wildman–Crippen LogP) is 6.25. The highest BCUT2D eigenvalue weighted by atomic mass is 16.7. The molecular formula is C35H34N2O9. The quantitative estimate of drug-likeness (QED) is 0.164. The lowest BCUT2D eigenvalue weighted by Gasteiger charge is -2.19. The number of aromatic carboxylic acids is 1. The molecule has 11 nitrogen and oxygen atoms in total. The Kier molecular flexibility index (Phi) is 8.56. The molecule has 0 amide bonds. The third-order valence-corrected chi connectivity index (χ3v) is 8.35. The zero-order valence-corrected chi connectivity index (χ0v) is 25.7. The zero-order chi connectivity index (χ0) is 32.4. The van der Waals surface area contributed by atoms with E-state index in [1.807, 2.05) is 10.7 Å². The van der Waals surface area contributed by atoms with E-state index >= 15 is 0 Å². The highest BCUT2D eigenvalue weighted by molar-refractivity contribution is 5.94. The third-order valence-electron chi connectivity index (χ3n) is 8.35. The van der Waals surface area contributed by atoms with Gasteiger partial charge in [-0.15, -0.1) is 0 Å². The number of fused-ring (bicyclic) bond motifs is 1. The van der Waals surface area contributed by atoms with Crippen molar-refractivity contribution in [2.75, 3.05) is 21.0 Å². The average Bonchev–Trinajstić information content (AvgIpc) is 3.68. The van der Waals surface area contributed by atoms with Crippen LogP contribution >= 0.6 is 0 Å². The second-order valence-corrected chi connectivity index (χ2v) is 11.3. The van der Waals surface area contributed by atoms with E-state index in [4.69, 9.17) is 28.8 Å². The highest BCUT2D eigenvalue weighted by Gasteiger charge is 2.32. The van der Waals surface area contributed by atoms with Crippen molar-refractivity contribution in [3.8, 4) is 40.0 Å². The number of carboxylic acid groups (broad SMARTS) is 2. The molecule has 0 bridgehead atoms. The van der Waals surface area contributed by atoms with Crippen molar-refractivity contribution in [1.29, 1.82) is 0 Å². The lowest BCUT2D eigenvalue weighted by atomic mass is 9.99. The molecule has 238 valence electrons. The Morgan fingerprint density at radius 3 is 2.46 bits per heavy atom. The molecule has 1 fully saturated rings. The van der Waals surface area contributed by atoms with Crippen LogP contribution < -0.4 is 23.7 Å². The predicted molar refractivity (Wildman–Crippen MR) is 168 cm³/mol. The molecule has 6 rings (SSSR count). The Hall–Kier alpha value is -5.45. The maximum atomic E-state index is 12.7. The SMILES string of the molecule is COc1ccc(-c2c(C=C(Cc3cc4c(cc3OC)OCO4)C(=O)O)cnn2C(C)C2CC2)c(OCc2ccccc2C(=O)O)c1. The fraction of sp³-hybridized carbons (Fsp3) is 0.286. The summed E-state index contributed by atoms with van der Waals surface area (Å²) < 4.78 is 30.3. The Balaban J connectivity index is 1.44. The van der Waals surface area contributed by atoms with E-state index in [1.165, 1.54) is 13.2 Å². The smallest absolute Gasteiger partial charge is 0.336 e. The Bertz CT molecular complexity index is 1820. The van der Waals surface area contributed by atoms with Gasteiger partial charge in [0.2, 0.25) is 6.79 Å². The molecule has 2 aliphatic rings. The molecule has 1 aliphatic carbocycles. The summed E-state index contributed by atoms with van der Waals surface area (Å²) in [5.41, 5.74) is 3.33. The number of benzene rings is 3. The number of carbonyl (C=O) groups is 2. The van der Waals surface area contributed by atoms with Crippen LogP contribution in [0, 0.1) is 5.92 Å². The fourth-order valence-corrected chi connectivity index (χ4v) is 5.68. The van der Waals surface area contributed by atoms with Gasteiger partial charge in [-0.1, -0.05) is 18.2 Å². The minimum Gasteiger partial charge on any atom is -0.497 e. The van der Waals surface area contributed by atoms with Gasteiger partial charge in [0.05, 0.1) is 37.7 Å². The van der Waals surface area contributed by atoms with Crippen LogP contribution in [0.5, 0.6) is 28.7 Å². The molecule has 0 spiro atoms. The second kappa shape index (κ2) is 12.9. The van der Waals surface area contributed by atoms with E-state index in [-0.39, 0.29) is 37.0 Å². The molecule has 3 aromatic carbocycles. The van der Waals surface area contributed by atoms with Crippen LogP contribution in [0.2, 0.25) is 0 Å². The second-order valence-electron chi connectivity index (χ2n) is 11.3. The number of aliphatic carboxylic acids is 1. The van der Waals surface area contributed by atoms with Gasteiger partial charge in [-0.25, -0.2) is 9.59 Å². The molecule has 2 heterocycles. The maximum absolute atomic E-state index is 12.7. The molecule has 2 N–H and O–H groups in total. The number of hydrogen-bond acceptors (Lipinski definition) is 8. The van der Waals surface area contributed by atoms with Crippen LogP contribution in [0.25, 0.3) is 17.3 Å². The van der Waals surface area contributed by atoms with Crippen LogP contribution in [0.1, 0.15) is 52.9 Å². The van der Waals surface area contributed by atoms with Gasteiger partial charge in [0.1, 0.15) is 23.9 Å². The molecule has 0 radical (unpaired) electrons. The van der Waals surface area contributed by atoms with Crippen LogP contribution in [0.3, 0.4) is 0 Å². The van der Waals surface area contributed by atoms with Crippen LogP contribution in [-0.2, 0) is 17.8 Å². The van der Waals surface area contributed by atoms with Gasteiger partial charge < -0.3 is 33.9 Å². The zero-order valence-electron chi connectivity index (χ0n) is 25.7. The number of hydrogen-bond donors (Lipinski definition) is 2. The highest BCUT2D eigenvalue weighted by Crippen LogP contribution is 2.44. The first kappa shape index (κ1) is 30.6. The third kappa shape index (κ3) is 6.21. The molecule has 0 saturated heterocycles. The minimum atomic E-state index is -1.09. The summed E-state index contributed by atoms with van der Waals surface area (Å²) in [4.78, 5) is 24.5. The standard InChI is InChI=1S/C35H34N2O9/c1-20(21-8-9-21)37-33(28-11-10-26(42-2)15-30(28)44-18-22-6-4-5-7-27(22)35(40)41)25(17-36-37)13-24(34(38)39)12-23-14-31-32(46-19-45-31)16-29(23)43-3/h4-7,10-11,13-17,20-21H,8-9,12,18-19H2,1-3H3,(H,38,39)(H,40,41). The van der Waals surface area contributed by atoms with Gasteiger partial charge in [0.25, 0.3) is 0 Å². The van der Waals surface area contributed by atoms with Gasteiger partial charge in [0.15, 0.2) is 11.5 Å². The summed E-state index contributed by atoms with van der Waals surface area (Å²) in [6.07, 6.45) is 5.50. The van der Waals surface area contributed by atoms with Gasteiger partial charge in [-0.2, -0.15) is 5.10 Å². The van der Waals surface area contributed by atoms with Gasteiger partial charge in [-0.3, -0.25) is 4.68 Å². The van der Waals surface area contributed by atoms with E-state index in [0.29, 0.717) is 62.6 Å². The number of nitrogens with zero attached hydrogens (tertiary/aromatic N) is 2. The van der Waals surface area contributed by atoms with E-state index < -0.39 is 11.9 Å². The van der Waals surface area contributed by atoms with Crippen molar-refractivity contribution >= 4 is 18.0 Å². The number of rotatable bonds is 13. The summed E-state index contributed by atoms with van der Waals surface area (Å²) in [5.74, 6) is 0.839. The fourth-order valence-electron chi connectivity index (χ4n) is 5.68. The monoisotopic (exact) mass is 626 g/mol. The molecule has 1 unspecified atom stereocenters. The summed E-state index contributed by atoms with van der Waals surface area (Å²) in [6, 6.07) is 15.5. The normalized spacial score (nSPS) is 14.5. The van der Waals surface area contributed by atoms with Crippen molar-refractivity contribution in [3.05, 3.63) is 88.6 Å². The van der Waals surface area contributed by atoms with E-state index in [0.717, 1.165) is 12.8 Å². The number of ether oxygens (including phenoxy) is 5. The minimum absolute atomic E-state index is 0.00951. The molecular weight excluding hydrogens is 592 g/mol.